The molecule has 0 saturated carbocycles. The summed E-state index contributed by atoms with van der Waals surface area (Å²) in [6.07, 6.45) is 0.149. The Bertz CT molecular complexity index is 613. The maximum atomic E-state index is 14.1. The fourth-order valence-electron chi connectivity index (χ4n) is 2.18. The Balaban J connectivity index is 2.28. The Hall–Kier alpha value is -2.60. The number of rotatable bonds is 4. The summed E-state index contributed by atoms with van der Waals surface area (Å²) in [5, 5.41) is 12.3. The maximum Gasteiger partial charge on any atom is 0.338 e. The van der Waals surface area contributed by atoms with Crippen LogP contribution >= 0.6 is 0 Å². The summed E-state index contributed by atoms with van der Waals surface area (Å²) in [6.45, 7) is 0.358. The van der Waals surface area contributed by atoms with Gasteiger partial charge in [0.2, 0.25) is 5.91 Å². The first kappa shape index (κ1) is 13.8. The molecule has 0 radical (unpaired) electrons. The van der Waals surface area contributed by atoms with Crippen LogP contribution in [0.5, 0.6) is 0 Å². The Morgan fingerprint density at radius 2 is 2.35 bits per heavy atom. The lowest BCUT2D eigenvalue weighted by Crippen LogP contribution is -2.26. The van der Waals surface area contributed by atoms with Gasteiger partial charge >= 0.3 is 5.97 Å². The Morgan fingerprint density at radius 3 is 3.00 bits per heavy atom. The molecule has 0 bridgehead atoms. The number of carbonyl (C=O) groups excluding carboxylic acids is 1. The molecule has 0 aliphatic carbocycles. The normalized spacial score (nSPS) is 17.9. The fourth-order valence-corrected chi connectivity index (χ4v) is 2.18. The zero-order valence-corrected chi connectivity index (χ0v) is 10.4. The first-order chi connectivity index (χ1) is 9.54. The van der Waals surface area contributed by atoms with E-state index in [9.17, 15) is 14.0 Å². The van der Waals surface area contributed by atoms with Crippen molar-refractivity contribution in [3.8, 4) is 0 Å². The van der Waals surface area contributed by atoms with Crippen LogP contribution in [0.4, 0.5) is 10.1 Å². The standard InChI is InChI=1S/C12H11FN4O3/c13-11-8(12(19)20)2-1-3-9(11)17-6-7(4-10(17)18)5-15-16-14/h1-3,7H,4-6H2,(H,19,20). The van der Waals surface area contributed by atoms with Gasteiger partial charge in [0.25, 0.3) is 0 Å². The molecule has 104 valence electrons. The van der Waals surface area contributed by atoms with E-state index in [1.54, 1.807) is 0 Å². The molecule has 7 nitrogen and oxygen atoms in total. The lowest BCUT2D eigenvalue weighted by molar-refractivity contribution is -0.117. The topological polar surface area (TPSA) is 106 Å². The van der Waals surface area contributed by atoms with Crippen molar-refractivity contribution in [1.82, 2.24) is 0 Å². The minimum Gasteiger partial charge on any atom is -0.478 e. The molecular formula is C12H11FN4O3. The second-order valence-electron chi connectivity index (χ2n) is 4.43. The van der Waals surface area contributed by atoms with E-state index >= 15 is 0 Å². The first-order valence-electron chi connectivity index (χ1n) is 5.87. The van der Waals surface area contributed by atoms with Crippen LogP contribution in [0, 0.1) is 11.7 Å². The third-order valence-electron chi connectivity index (χ3n) is 3.11. The maximum absolute atomic E-state index is 14.1. The van der Waals surface area contributed by atoms with E-state index in [-0.39, 0.29) is 37.0 Å². The van der Waals surface area contributed by atoms with Crippen LogP contribution in [0.25, 0.3) is 10.4 Å². The van der Waals surface area contributed by atoms with Gasteiger partial charge < -0.3 is 10.0 Å². The number of hydrogen-bond acceptors (Lipinski definition) is 3. The molecule has 1 amide bonds. The smallest absolute Gasteiger partial charge is 0.338 e. The van der Waals surface area contributed by atoms with Gasteiger partial charge in [-0.25, -0.2) is 9.18 Å². The number of halogens is 1. The number of nitrogens with zero attached hydrogens (tertiary/aromatic N) is 4. The van der Waals surface area contributed by atoms with Gasteiger partial charge in [-0.1, -0.05) is 11.2 Å². The molecule has 1 atom stereocenters. The second kappa shape index (κ2) is 5.58. The fraction of sp³-hybridized carbons (Fsp3) is 0.333. The number of carboxylic acid groups (broad SMARTS) is 1. The van der Waals surface area contributed by atoms with Crippen molar-refractivity contribution in [2.75, 3.05) is 18.0 Å². The summed E-state index contributed by atoms with van der Waals surface area (Å²) >= 11 is 0. The summed E-state index contributed by atoms with van der Waals surface area (Å²) in [4.78, 5) is 26.6. The number of aromatic carboxylic acids is 1. The highest BCUT2D eigenvalue weighted by molar-refractivity contribution is 5.97. The molecule has 1 N–H and O–H groups in total. The van der Waals surface area contributed by atoms with E-state index in [2.05, 4.69) is 10.0 Å². The van der Waals surface area contributed by atoms with Gasteiger partial charge in [0, 0.05) is 24.4 Å². The van der Waals surface area contributed by atoms with Crippen molar-refractivity contribution in [2.24, 2.45) is 11.0 Å². The minimum absolute atomic E-state index is 0.0571. The van der Waals surface area contributed by atoms with Crippen molar-refractivity contribution in [3.63, 3.8) is 0 Å². The second-order valence-corrected chi connectivity index (χ2v) is 4.43. The molecular weight excluding hydrogens is 267 g/mol. The van der Waals surface area contributed by atoms with Gasteiger partial charge in [-0.3, -0.25) is 4.79 Å². The van der Waals surface area contributed by atoms with E-state index in [0.29, 0.717) is 0 Å². The van der Waals surface area contributed by atoms with E-state index in [1.165, 1.54) is 17.0 Å². The average molecular weight is 278 g/mol. The molecule has 1 heterocycles. The number of azide groups is 1. The van der Waals surface area contributed by atoms with Gasteiger partial charge in [0.1, 0.15) is 0 Å². The Morgan fingerprint density at radius 1 is 1.60 bits per heavy atom. The lowest BCUT2D eigenvalue weighted by Gasteiger charge is -2.18. The molecule has 0 spiro atoms. The third kappa shape index (κ3) is 2.55. The van der Waals surface area contributed by atoms with Crippen molar-refractivity contribution in [3.05, 3.63) is 40.0 Å². The van der Waals surface area contributed by atoms with Gasteiger partial charge in [-0.15, -0.1) is 0 Å². The van der Waals surface area contributed by atoms with E-state index in [1.807, 2.05) is 0 Å². The van der Waals surface area contributed by atoms with E-state index in [0.717, 1.165) is 6.07 Å². The zero-order chi connectivity index (χ0) is 14.7. The van der Waals surface area contributed by atoms with Gasteiger partial charge in [-0.2, -0.15) is 0 Å². The average Bonchev–Trinajstić information content (AvgIpc) is 2.77. The molecule has 0 aromatic heterocycles. The molecule has 1 aliphatic heterocycles. The summed E-state index contributed by atoms with van der Waals surface area (Å²) in [5.41, 5.74) is 7.72. The van der Waals surface area contributed by atoms with Crippen LogP contribution in [-0.4, -0.2) is 30.1 Å². The van der Waals surface area contributed by atoms with Gasteiger partial charge in [0.05, 0.1) is 11.3 Å². The highest BCUT2D eigenvalue weighted by Crippen LogP contribution is 2.29. The van der Waals surface area contributed by atoms with E-state index < -0.39 is 17.3 Å². The summed E-state index contributed by atoms with van der Waals surface area (Å²) in [7, 11) is 0. The van der Waals surface area contributed by atoms with Crippen molar-refractivity contribution in [1.29, 1.82) is 0 Å². The predicted molar refractivity (Wildman–Crippen MR) is 67.8 cm³/mol. The lowest BCUT2D eigenvalue weighted by atomic mass is 10.1. The Labute approximate surface area is 113 Å². The number of carbonyl (C=O) groups is 2. The summed E-state index contributed by atoms with van der Waals surface area (Å²) in [5.74, 6) is -2.82. The van der Waals surface area contributed by atoms with Crippen LogP contribution in [0.3, 0.4) is 0 Å². The van der Waals surface area contributed by atoms with Crippen LogP contribution < -0.4 is 4.90 Å². The molecule has 1 unspecified atom stereocenters. The Kier molecular flexibility index (Phi) is 3.86. The third-order valence-corrected chi connectivity index (χ3v) is 3.11. The molecule has 8 heteroatoms. The summed E-state index contributed by atoms with van der Waals surface area (Å²) in [6, 6.07) is 3.88. The molecule has 20 heavy (non-hydrogen) atoms. The minimum atomic E-state index is -1.39. The highest BCUT2D eigenvalue weighted by atomic mass is 19.1. The SMILES string of the molecule is [N-]=[N+]=NCC1CC(=O)N(c2cccc(C(=O)O)c2F)C1. The monoisotopic (exact) mass is 278 g/mol. The molecule has 1 aromatic carbocycles. The van der Waals surface area contributed by atoms with Crippen LogP contribution in [-0.2, 0) is 4.79 Å². The number of benzene rings is 1. The van der Waals surface area contributed by atoms with Crippen molar-refractivity contribution >= 4 is 17.6 Å². The van der Waals surface area contributed by atoms with Crippen LogP contribution in [0.15, 0.2) is 23.3 Å². The number of anilines is 1. The number of carboxylic acids is 1. The van der Waals surface area contributed by atoms with Crippen LogP contribution in [0.2, 0.25) is 0 Å². The quantitative estimate of drug-likeness (QED) is 0.518. The molecule has 1 aliphatic rings. The molecule has 1 aromatic rings. The highest BCUT2D eigenvalue weighted by Gasteiger charge is 2.32. The molecule has 2 rings (SSSR count). The molecule has 1 fully saturated rings. The van der Waals surface area contributed by atoms with Crippen LogP contribution in [0.1, 0.15) is 16.8 Å². The largest absolute Gasteiger partial charge is 0.478 e. The number of amides is 1. The first-order valence-corrected chi connectivity index (χ1v) is 5.87. The predicted octanol–water partition coefficient (Wildman–Crippen LogP) is 2.19. The van der Waals surface area contributed by atoms with Gasteiger partial charge in [-0.05, 0) is 23.6 Å². The van der Waals surface area contributed by atoms with Gasteiger partial charge in [0.15, 0.2) is 5.82 Å². The summed E-state index contributed by atoms with van der Waals surface area (Å²) < 4.78 is 14.1. The van der Waals surface area contributed by atoms with Crippen molar-refractivity contribution in [2.45, 2.75) is 6.42 Å². The number of hydrogen-bond donors (Lipinski definition) is 1. The van der Waals surface area contributed by atoms with Crippen molar-refractivity contribution < 1.29 is 19.1 Å². The van der Waals surface area contributed by atoms with E-state index in [4.69, 9.17) is 10.6 Å². The zero-order valence-electron chi connectivity index (χ0n) is 10.4. The molecule has 1 saturated heterocycles.